The molecule has 0 unspecified atom stereocenters. The minimum absolute atomic E-state index is 0.0821. The van der Waals surface area contributed by atoms with Gasteiger partial charge in [0.15, 0.2) is 5.78 Å². The van der Waals surface area contributed by atoms with Crippen molar-refractivity contribution < 1.29 is 4.79 Å². The van der Waals surface area contributed by atoms with Crippen molar-refractivity contribution in [2.24, 2.45) is 0 Å². The fraction of sp³-hybridized carbons (Fsp3) is 0.455. The van der Waals surface area contributed by atoms with E-state index in [0.29, 0.717) is 25.1 Å². The summed E-state index contributed by atoms with van der Waals surface area (Å²) < 4.78 is 1.79. The van der Waals surface area contributed by atoms with Gasteiger partial charge in [0.1, 0.15) is 0 Å². The zero-order chi connectivity index (χ0) is 12.8. The van der Waals surface area contributed by atoms with Gasteiger partial charge < -0.3 is 0 Å². The Labute approximate surface area is 122 Å². The number of nitriles is 1. The number of nitrogens with zero attached hydrogens (tertiary/aromatic N) is 2. The van der Waals surface area contributed by atoms with Crippen LogP contribution in [0.2, 0.25) is 0 Å². The number of carbonyl (C=O) groups excluding carboxylic acids is 1. The molecular weight excluding hydrogens is 368 g/mol. The van der Waals surface area contributed by atoms with Crippen LogP contribution in [0.4, 0.5) is 0 Å². The third-order valence-corrected chi connectivity index (χ3v) is 4.65. The van der Waals surface area contributed by atoms with Gasteiger partial charge in [-0.25, -0.2) is 0 Å². The fourth-order valence-corrected chi connectivity index (χ4v) is 4.23. The van der Waals surface area contributed by atoms with Gasteiger partial charge in [0.25, 0.3) is 0 Å². The first kappa shape index (κ1) is 14.8. The van der Waals surface area contributed by atoms with Gasteiger partial charge in [0, 0.05) is 18.5 Å². The molecule has 0 bridgehead atoms. The lowest BCUT2D eigenvalue weighted by molar-refractivity contribution is 0.0935. The Bertz CT molecular complexity index is 439. The molecule has 0 aliphatic rings. The van der Waals surface area contributed by atoms with Gasteiger partial charge >= 0.3 is 0 Å². The zero-order valence-electron chi connectivity index (χ0n) is 9.37. The van der Waals surface area contributed by atoms with Crippen molar-refractivity contribution in [1.82, 2.24) is 4.90 Å². The summed E-state index contributed by atoms with van der Waals surface area (Å²) in [4.78, 5) is 14.0. The molecule has 0 spiro atoms. The number of likely N-dealkylation sites (N-methyl/N-ethyl adjacent to an activating group) is 1. The summed E-state index contributed by atoms with van der Waals surface area (Å²) in [6.07, 6.45) is 0.454. The standard InChI is InChI=1S/C11H12Br2N2OS/c1-2-15(5-3-4-14)7-9(16)8-6-10(12)17-11(8)13/h6H,2-3,5,7H2,1H3. The summed E-state index contributed by atoms with van der Waals surface area (Å²) in [6.45, 7) is 3.77. The Kier molecular flexibility index (Phi) is 6.34. The van der Waals surface area contributed by atoms with Crippen molar-refractivity contribution >= 4 is 49.0 Å². The molecule has 3 nitrogen and oxygen atoms in total. The summed E-state index contributed by atoms with van der Waals surface area (Å²) >= 11 is 8.23. The van der Waals surface area contributed by atoms with Crippen molar-refractivity contribution in [2.75, 3.05) is 19.6 Å². The van der Waals surface area contributed by atoms with E-state index < -0.39 is 0 Å². The second kappa shape index (κ2) is 7.27. The van der Waals surface area contributed by atoms with Crippen LogP contribution >= 0.6 is 43.2 Å². The highest BCUT2D eigenvalue weighted by atomic mass is 79.9. The van der Waals surface area contributed by atoms with Gasteiger partial charge in [-0.3, -0.25) is 9.69 Å². The average Bonchev–Trinajstić information content (AvgIpc) is 2.63. The summed E-state index contributed by atoms with van der Waals surface area (Å²) in [7, 11) is 0. The second-order valence-corrected chi connectivity index (χ2v) is 7.19. The second-order valence-electron chi connectivity index (χ2n) is 3.44. The quantitative estimate of drug-likeness (QED) is 0.708. The van der Waals surface area contributed by atoms with Crippen LogP contribution in [0.1, 0.15) is 23.7 Å². The minimum atomic E-state index is 0.0821. The lowest BCUT2D eigenvalue weighted by Crippen LogP contribution is -2.30. The van der Waals surface area contributed by atoms with E-state index in [1.807, 2.05) is 17.9 Å². The monoisotopic (exact) mass is 378 g/mol. The van der Waals surface area contributed by atoms with E-state index in [2.05, 4.69) is 37.9 Å². The van der Waals surface area contributed by atoms with Crippen LogP contribution in [0, 0.1) is 11.3 Å². The van der Waals surface area contributed by atoms with Crippen LogP contribution in [0.5, 0.6) is 0 Å². The molecule has 0 aliphatic carbocycles. The number of hydrogen-bond donors (Lipinski definition) is 0. The molecule has 92 valence electrons. The maximum absolute atomic E-state index is 12.0. The molecule has 17 heavy (non-hydrogen) atoms. The van der Waals surface area contributed by atoms with Crippen LogP contribution in [0.25, 0.3) is 0 Å². The molecule has 0 aromatic carbocycles. The molecule has 0 N–H and O–H groups in total. The van der Waals surface area contributed by atoms with Crippen molar-refractivity contribution in [3.8, 4) is 6.07 Å². The number of carbonyl (C=O) groups is 1. The van der Waals surface area contributed by atoms with Crippen LogP contribution in [0.3, 0.4) is 0 Å². The number of thiophene rings is 1. The first-order chi connectivity index (χ1) is 8.08. The molecule has 0 fully saturated rings. The number of hydrogen-bond acceptors (Lipinski definition) is 4. The van der Waals surface area contributed by atoms with Crippen molar-refractivity contribution in [3.63, 3.8) is 0 Å². The molecule has 1 aromatic rings. The lowest BCUT2D eigenvalue weighted by atomic mass is 10.2. The topological polar surface area (TPSA) is 44.1 Å². The zero-order valence-corrected chi connectivity index (χ0v) is 13.4. The fourth-order valence-electron chi connectivity index (χ4n) is 1.38. The van der Waals surface area contributed by atoms with Crippen LogP contribution in [-0.2, 0) is 0 Å². The molecule has 0 saturated heterocycles. The largest absolute Gasteiger partial charge is 0.295 e. The molecule has 0 aliphatic heterocycles. The number of halogens is 2. The summed E-state index contributed by atoms with van der Waals surface area (Å²) in [6, 6.07) is 3.92. The van der Waals surface area contributed by atoms with Crippen molar-refractivity contribution in [3.05, 3.63) is 19.2 Å². The van der Waals surface area contributed by atoms with E-state index in [9.17, 15) is 4.79 Å². The molecule has 0 radical (unpaired) electrons. The highest BCUT2D eigenvalue weighted by Gasteiger charge is 2.16. The van der Waals surface area contributed by atoms with E-state index in [4.69, 9.17) is 5.26 Å². The molecular formula is C11H12Br2N2OS. The lowest BCUT2D eigenvalue weighted by Gasteiger charge is -2.17. The van der Waals surface area contributed by atoms with Crippen molar-refractivity contribution in [2.45, 2.75) is 13.3 Å². The molecule has 0 saturated carbocycles. The van der Waals surface area contributed by atoms with Crippen LogP contribution in [-0.4, -0.2) is 30.3 Å². The SMILES string of the molecule is CCN(CCC#N)CC(=O)c1cc(Br)sc1Br. The number of ketones is 1. The highest BCUT2D eigenvalue weighted by molar-refractivity contribution is 9.12. The van der Waals surface area contributed by atoms with E-state index in [-0.39, 0.29) is 5.78 Å². The first-order valence-electron chi connectivity index (χ1n) is 5.15. The molecule has 1 aromatic heterocycles. The third-order valence-electron chi connectivity index (χ3n) is 2.31. The number of rotatable bonds is 6. The summed E-state index contributed by atoms with van der Waals surface area (Å²) in [5.41, 5.74) is 0.706. The maximum Gasteiger partial charge on any atom is 0.178 e. The van der Waals surface area contributed by atoms with Gasteiger partial charge in [0.2, 0.25) is 0 Å². The highest BCUT2D eigenvalue weighted by Crippen LogP contribution is 2.32. The first-order valence-corrected chi connectivity index (χ1v) is 7.56. The summed E-state index contributed by atoms with van der Waals surface area (Å²) in [5, 5.41) is 8.54. The maximum atomic E-state index is 12.0. The molecule has 6 heteroatoms. The van der Waals surface area contributed by atoms with Gasteiger partial charge in [-0.2, -0.15) is 5.26 Å². The van der Waals surface area contributed by atoms with E-state index in [0.717, 1.165) is 14.1 Å². The molecule has 1 heterocycles. The minimum Gasteiger partial charge on any atom is -0.295 e. The summed E-state index contributed by atoms with van der Waals surface area (Å²) in [5.74, 6) is 0.0821. The molecule has 0 atom stereocenters. The Morgan fingerprint density at radius 2 is 2.29 bits per heavy atom. The predicted molar refractivity (Wildman–Crippen MR) is 76.4 cm³/mol. The third kappa shape index (κ3) is 4.51. The van der Waals surface area contributed by atoms with Gasteiger partial charge in [0.05, 0.1) is 20.2 Å². The molecule has 0 amide bonds. The smallest absolute Gasteiger partial charge is 0.178 e. The molecule has 1 rings (SSSR count). The Morgan fingerprint density at radius 3 is 2.76 bits per heavy atom. The van der Waals surface area contributed by atoms with Crippen LogP contribution < -0.4 is 0 Å². The van der Waals surface area contributed by atoms with E-state index >= 15 is 0 Å². The van der Waals surface area contributed by atoms with Crippen molar-refractivity contribution in [1.29, 1.82) is 5.26 Å². The van der Waals surface area contributed by atoms with Gasteiger partial charge in [-0.1, -0.05) is 6.92 Å². The van der Waals surface area contributed by atoms with E-state index in [1.165, 1.54) is 11.3 Å². The Balaban J connectivity index is 2.65. The van der Waals surface area contributed by atoms with E-state index in [1.54, 1.807) is 0 Å². The van der Waals surface area contributed by atoms with Gasteiger partial charge in [-0.15, -0.1) is 11.3 Å². The Hall–Kier alpha value is -0.220. The average molecular weight is 380 g/mol. The predicted octanol–water partition coefficient (Wildman–Crippen LogP) is 3.69. The Morgan fingerprint density at radius 1 is 1.59 bits per heavy atom. The number of Topliss-reactive ketones (excluding diaryl/α,β-unsaturated/α-hetero) is 1. The van der Waals surface area contributed by atoms with Crippen LogP contribution in [0.15, 0.2) is 13.6 Å². The normalized spacial score (nSPS) is 10.5. The van der Waals surface area contributed by atoms with Gasteiger partial charge in [-0.05, 0) is 44.5 Å².